The summed E-state index contributed by atoms with van der Waals surface area (Å²) in [6.45, 7) is 2.00. The Balaban J connectivity index is 2.11. The zero-order valence-electron chi connectivity index (χ0n) is 10.4. The normalized spacial score (nSPS) is 12.4. The topological polar surface area (TPSA) is 35.2 Å². The highest BCUT2D eigenvalue weighted by molar-refractivity contribution is 7.10. The number of nitrogens with two attached hydrogens (primary N) is 1. The van der Waals surface area contributed by atoms with Gasteiger partial charge >= 0.3 is 0 Å². The molecule has 0 radical (unpaired) electrons. The number of rotatable bonds is 4. The molecule has 1 atom stereocenters. The van der Waals surface area contributed by atoms with Crippen molar-refractivity contribution in [3.8, 4) is 5.75 Å². The van der Waals surface area contributed by atoms with E-state index in [2.05, 4.69) is 0 Å². The molecule has 0 bridgehead atoms. The summed E-state index contributed by atoms with van der Waals surface area (Å²) in [6.07, 6.45) is 0.781. The van der Waals surface area contributed by atoms with Gasteiger partial charge in [0.25, 0.3) is 0 Å². The zero-order valence-corrected chi connectivity index (χ0v) is 12.0. The number of thiophene rings is 1. The molecule has 1 unspecified atom stereocenters. The first kappa shape index (κ1) is 13.4. The van der Waals surface area contributed by atoms with E-state index in [1.807, 2.05) is 36.6 Å². The summed E-state index contributed by atoms with van der Waals surface area (Å²) in [5.74, 6) is 0.859. The third-order valence-corrected chi connectivity index (χ3v) is 4.72. The van der Waals surface area contributed by atoms with Gasteiger partial charge in [-0.2, -0.15) is 0 Å². The minimum atomic E-state index is -0.0513. The maximum Gasteiger partial charge on any atom is 0.118 e. The highest BCUT2D eigenvalue weighted by Gasteiger charge is 2.14. The molecule has 0 saturated heterocycles. The molecule has 2 nitrogen and oxygen atoms in total. The lowest BCUT2D eigenvalue weighted by Crippen LogP contribution is -2.12. The van der Waals surface area contributed by atoms with Crippen molar-refractivity contribution in [3.05, 3.63) is 50.7 Å². The van der Waals surface area contributed by atoms with E-state index in [1.54, 1.807) is 18.4 Å². The molecule has 2 aromatic rings. The van der Waals surface area contributed by atoms with Crippen LogP contribution in [0, 0.1) is 6.92 Å². The Morgan fingerprint density at radius 3 is 2.50 bits per heavy atom. The van der Waals surface area contributed by atoms with Crippen LogP contribution in [0.5, 0.6) is 5.75 Å². The lowest BCUT2D eigenvalue weighted by molar-refractivity contribution is 0.414. The van der Waals surface area contributed by atoms with Gasteiger partial charge in [-0.3, -0.25) is 0 Å². The van der Waals surface area contributed by atoms with E-state index < -0.39 is 0 Å². The number of aryl methyl sites for hydroxylation is 1. The smallest absolute Gasteiger partial charge is 0.118 e. The number of ether oxygens (including phenoxy) is 1. The fourth-order valence-electron chi connectivity index (χ4n) is 1.81. The molecule has 0 fully saturated rings. The van der Waals surface area contributed by atoms with Crippen molar-refractivity contribution in [2.45, 2.75) is 19.4 Å². The Bertz CT molecular complexity index is 521. The van der Waals surface area contributed by atoms with Crippen molar-refractivity contribution >= 4 is 22.9 Å². The maximum atomic E-state index is 6.23. The lowest BCUT2D eigenvalue weighted by Gasteiger charge is -2.11. The first-order chi connectivity index (χ1) is 8.61. The van der Waals surface area contributed by atoms with Crippen LogP contribution in [0.15, 0.2) is 29.6 Å². The Morgan fingerprint density at radius 1 is 1.33 bits per heavy atom. The first-order valence-electron chi connectivity index (χ1n) is 5.74. The number of benzene rings is 1. The second kappa shape index (κ2) is 5.74. The maximum absolute atomic E-state index is 6.23. The van der Waals surface area contributed by atoms with E-state index in [9.17, 15) is 0 Å². The average molecular weight is 282 g/mol. The van der Waals surface area contributed by atoms with Gasteiger partial charge in [-0.05, 0) is 42.0 Å². The lowest BCUT2D eigenvalue weighted by atomic mass is 10.0. The number of halogens is 1. The highest BCUT2D eigenvalue weighted by atomic mass is 35.5. The van der Waals surface area contributed by atoms with Gasteiger partial charge in [-0.25, -0.2) is 0 Å². The van der Waals surface area contributed by atoms with Crippen LogP contribution in [0.4, 0.5) is 0 Å². The molecule has 0 aliphatic heterocycles. The molecule has 0 aliphatic rings. The van der Waals surface area contributed by atoms with Gasteiger partial charge in [0.2, 0.25) is 0 Å². The first-order valence-corrected chi connectivity index (χ1v) is 6.99. The molecule has 4 heteroatoms. The summed E-state index contributed by atoms with van der Waals surface area (Å²) >= 11 is 7.86. The van der Waals surface area contributed by atoms with Crippen molar-refractivity contribution in [1.29, 1.82) is 0 Å². The third-order valence-electron chi connectivity index (χ3n) is 2.88. The van der Waals surface area contributed by atoms with Gasteiger partial charge in [0.05, 0.1) is 12.1 Å². The van der Waals surface area contributed by atoms with Crippen molar-refractivity contribution in [2.75, 3.05) is 7.11 Å². The van der Waals surface area contributed by atoms with E-state index in [1.165, 1.54) is 5.56 Å². The van der Waals surface area contributed by atoms with Crippen LogP contribution in [0.1, 0.15) is 22.0 Å². The molecular weight excluding hydrogens is 266 g/mol. The van der Waals surface area contributed by atoms with Gasteiger partial charge in [0.1, 0.15) is 5.75 Å². The predicted octanol–water partition coefficient (Wildman–Crippen LogP) is 3.96. The van der Waals surface area contributed by atoms with Gasteiger partial charge in [0.15, 0.2) is 0 Å². The summed E-state index contributed by atoms with van der Waals surface area (Å²) in [5.41, 5.74) is 8.49. The van der Waals surface area contributed by atoms with Crippen molar-refractivity contribution in [2.24, 2.45) is 5.73 Å². The van der Waals surface area contributed by atoms with E-state index in [0.29, 0.717) is 0 Å². The summed E-state index contributed by atoms with van der Waals surface area (Å²) in [7, 11) is 1.66. The van der Waals surface area contributed by atoms with E-state index in [-0.39, 0.29) is 6.04 Å². The monoisotopic (exact) mass is 281 g/mol. The van der Waals surface area contributed by atoms with E-state index in [4.69, 9.17) is 22.1 Å². The molecule has 0 saturated carbocycles. The standard InChI is InChI=1S/C14H16ClNOS/c1-9-8-18-14(13(9)15)12(16)7-10-3-5-11(17-2)6-4-10/h3-6,8,12H,7,16H2,1-2H3. The van der Waals surface area contributed by atoms with Gasteiger partial charge < -0.3 is 10.5 Å². The van der Waals surface area contributed by atoms with E-state index >= 15 is 0 Å². The van der Waals surface area contributed by atoms with Crippen LogP contribution < -0.4 is 10.5 Å². The minimum Gasteiger partial charge on any atom is -0.497 e. The molecule has 1 aromatic heterocycles. The summed E-state index contributed by atoms with van der Waals surface area (Å²) in [6, 6.07) is 7.91. The van der Waals surface area contributed by atoms with Crippen LogP contribution in [0.2, 0.25) is 5.02 Å². The molecule has 0 amide bonds. The van der Waals surface area contributed by atoms with Crippen molar-refractivity contribution in [3.63, 3.8) is 0 Å². The van der Waals surface area contributed by atoms with Gasteiger partial charge in [-0.15, -0.1) is 11.3 Å². The molecule has 0 aliphatic carbocycles. The number of hydrogen-bond acceptors (Lipinski definition) is 3. The van der Waals surface area contributed by atoms with Crippen molar-refractivity contribution < 1.29 is 4.74 Å². The number of hydrogen-bond donors (Lipinski definition) is 1. The summed E-state index contributed by atoms with van der Waals surface area (Å²) < 4.78 is 5.13. The third kappa shape index (κ3) is 2.86. The number of methoxy groups -OCH3 is 1. The molecule has 18 heavy (non-hydrogen) atoms. The summed E-state index contributed by atoms with van der Waals surface area (Å²) in [5, 5.41) is 2.85. The fraction of sp³-hybridized carbons (Fsp3) is 0.286. The summed E-state index contributed by atoms with van der Waals surface area (Å²) in [4.78, 5) is 1.06. The van der Waals surface area contributed by atoms with Gasteiger partial charge in [0, 0.05) is 10.9 Å². The molecule has 1 aromatic carbocycles. The van der Waals surface area contributed by atoms with Crippen LogP contribution >= 0.6 is 22.9 Å². The largest absolute Gasteiger partial charge is 0.497 e. The van der Waals surface area contributed by atoms with Crippen LogP contribution in [-0.2, 0) is 6.42 Å². The Morgan fingerprint density at radius 2 is 2.00 bits per heavy atom. The van der Waals surface area contributed by atoms with Crippen LogP contribution in [0.25, 0.3) is 0 Å². The predicted molar refractivity (Wildman–Crippen MR) is 77.7 cm³/mol. The second-order valence-electron chi connectivity index (χ2n) is 4.26. The quantitative estimate of drug-likeness (QED) is 0.921. The van der Waals surface area contributed by atoms with E-state index in [0.717, 1.165) is 27.6 Å². The molecular formula is C14H16ClNOS. The van der Waals surface area contributed by atoms with Crippen LogP contribution in [-0.4, -0.2) is 7.11 Å². The minimum absolute atomic E-state index is 0.0513. The SMILES string of the molecule is COc1ccc(CC(N)c2scc(C)c2Cl)cc1. The second-order valence-corrected chi connectivity index (χ2v) is 5.54. The Labute approximate surface area is 116 Å². The molecule has 2 N–H and O–H groups in total. The molecule has 96 valence electrons. The average Bonchev–Trinajstić information content (AvgIpc) is 2.71. The fourth-order valence-corrected chi connectivity index (χ4v) is 3.15. The molecule has 0 spiro atoms. The zero-order chi connectivity index (χ0) is 13.1. The van der Waals surface area contributed by atoms with Crippen molar-refractivity contribution in [1.82, 2.24) is 0 Å². The molecule has 1 heterocycles. The van der Waals surface area contributed by atoms with Crippen LogP contribution in [0.3, 0.4) is 0 Å². The Kier molecular flexibility index (Phi) is 4.27. The highest BCUT2D eigenvalue weighted by Crippen LogP contribution is 2.32. The van der Waals surface area contributed by atoms with Gasteiger partial charge in [-0.1, -0.05) is 23.7 Å². The Hall–Kier alpha value is -1.03. The molecule has 2 rings (SSSR count).